The summed E-state index contributed by atoms with van der Waals surface area (Å²) in [5.41, 5.74) is 2.67. The van der Waals surface area contributed by atoms with Crippen molar-refractivity contribution in [3.63, 3.8) is 0 Å². The normalized spacial score (nSPS) is 26.0. The molecule has 2 aliphatic heterocycles. The minimum atomic E-state index is 0.0832. The van der Waals surface area contributed by atoms with E-state index < -0.39 is 0 Å². The molecule has 2 heterocycles. The van der Waals surface area contributed by atoms with Crippen molar-refractivity contribution in [1.29, 1.82) is 0 Å². The topological polar surface area (TPSA) is 35.6 Å². The van der Waals surface area contributed by atoms with Crippen LogP contribution in [-0.4, -0.2) is 49.1 Å². The summed E-state index contributed by atoms with van der Waals surface area (Å²) in [4.78, 5) is 17.4. The largest absolute Gasteiger partial charge is 0.371 e. The molecule has 0 bridgehead atoms. The van der Waals surface area contributed by atoms with Gasteiger partial charge in [0.2, 0.25) is 0 Å². The zero-order valence-corrected chi connectivity index (χ0v) is 16.5. The van der Waals surface area contributed by atoms with Crippen molar-refractivity contribution in [3.05, 3.63) is 29.8 Å². The van der Waals surface area contributed by atoms with Gasteiger partial charge in [0.1, 0.15) is 0 Å². The Kier molecular flexibility index (Phi) is 4.63. The number of amides is 1. The van der Waals surface area contributed by atoms with Crippen LogP contribution in [0.1, 0.15) is 68.1 Å². The van der Waals surface area contributed by atoms with Gasteiger partial charge >= 0.3 is 0 Å². The van der Waals surface area contributed by atoms with Crippen molar-refractivity contribution in [2.24, 2.45) is 5.41 Å². The van der Waals surface area contributed by atoms with Gasteiger partial charge in [-0.2, -0.15) is 0 Å². The SMILES string of the molecule is O=C(NC1CC1)c1ccc(N2CCC3(CC2)CCN(C2CCC2)CC3)cc1. The molecule has 4 nitrogen and oxygen atoms in total. The quantitative estimate of drug-likeness (QED) is 0.879. The van der Waals surface area contributed by atoms with Crippen molar-refractivity contribution < 1.29 is 4.79 Å². The Morgan fingerprint density at radius 3 is 2.07 bits per heavy atom. The Morgan fingerprint density at radius 2 is 1.52 bits per heavy atom. The molecule has 1 aromatic carbocycles. The molecule has 1 spiro atoms. The van der Waals surface area contributed by atoms with E-state index in [2.05, 4.69) is 27.2 Å². The predicted octanol–water partition coefficient (Wildman–Crippen LogP) is 3.81. The molecule has 1 aromatic rings. The molecular weight excluding hydrogens is 334 g/mol. The minimum Gasteiger partial charge on any atom is -0.371 e. The lowest BCUT2D eigenvalue weighted by molar-refractivity contribution is 0.0306. The molecule has 5 rings (SSSR count). The smallest absolute Gasteiger partial charge is 0.251 e. The first-order chi connectivity index (χ1) is 13.2. The highest BCUT2D eigenvalue weighted by Gasteiger charge is 2.39. The molecule has 4 fully saturated rings. The summed E-state index contributed by atoms with van der Waals surface area (Å²) in [7, 11) is 0. The fraction of sp³-hybridized carbons (Fsp3) is 0.696. The molecule has 4 heteroatoms. The molecule has 1 amide bonds. The van der Waals surface area contributed by atoms with E-state index in [4.69, 9.17) is 0 Å². The van der Waals surface area contributed by atoms with Crippen LogP contribution in [-0.2, 0) is 0 Å². The Hall–Kier alpha value is -1.55. The van der Waals surface area contributed by atoms with Crippen LogP contribution in [0.15, 0.2) is 24.3 Å². The van der Waals surface area contributed by atoms with Crippen LogP contribution in [0, 0.1) is 5.41 Å². The van der Waals surface area contributed by atoms with Gasteiger partial charge < -0.3 is 15.1 Å². The summed E-state index contributed by atoms with van der Waals surface area (Å²) < 4.78 is 0. The van der Waals surface area contributed by atoms with Gasteiger partial charge in [-0.3, -0.25) is 4.79 Å². The summed E-state index contributed by atoms with van der Waals surface area (Å²) in [5.74, 6) is 0.0832. The fourth-order valence-corrected chi connectivity index (χ4v) is 5.17. The lowest BCUT2D eigenvalue weighted by Crippen LogP contribution is -2.50. The fourth-order valence-electron chi connectivity index (χ4n) is 5.17. The Morgan fingerprint density at radius 1 is 0.889 bits per heavy atom. The number of anilines is 1. The van der Waals surface area contributed by atoms with E-state index in [9.17, 15) is 4.79 Å². The molecule has 2 saturated heterocycles. The van der Waals surface area contributed by atoms with Crippen LogP contribution in [0.5, 0.6) is 0 Å². The lowest BCUT2D eigenvalue weighted by Gasteiger charge is -2.50. The third-order valence-electron chi connectivity index (χ3n) is 7.68. The first-order valence-electron chi connectivity index (χ1n) is 11.1. The van der Waals surface area contributed by atoms with Crippen LogP contribution in [0.2, 0.25) is 0 Å². The molecule has 2 saturated carbocycles. The van der Waals surface area contributed by atoms with Crippen molar-refractivity contribution in [2.45, 2.75) is 69.9 Å². The van der Waals surface area contributed by atoms with E-state index in [0.717, 1.165) is 37.5 Å². The predicted molar refractivity (Wildman–Crippen MR) is 109 cm³/mol. The van der Waals surface area contributed by atoms with Crippen LogP contribution < -0.4 is 10.2 Å². The van der Waals surface area contributed by atoms with Crippen LogP contribution in [0.4, 0.5) is 5.69 Å². The molecular formula is C23H33N3O. The first kappa shape index (κ1) is 17.5. The van der Waals surface area contributed by atoms with Crippen molar-refractivity contribution >= 4 is 11.6 Å². The van der Waals surface area contributed by atoms with Crippen molar-refractivity contribution in [1.82, 2.24) is 10.2 Å². The number of likely N-dealkylation sites (tertiary alicyclic amines) is 1. The number of rotatable bonds is 4. The van der Waals surface area contributed by atoms with E-state index >= 15 is 0 Å². The maximum atomic E-state index is 12.2. The van der Waals surface area contributed by atoms with Gasteiger partial charge in [-0.1, -0.05) is 6.42 Å². The molecule has 4 aliphatic rings. The Balaban J connectivity index is 1.14. The van der Waals surface area contributed by atoms with E-state index in [1.165, 1.54) is 63.7 Å². The highest BCUT2D eigenvalue weighted by Crippen LogP contribution is 2.43. The molecule has 0 unspecified atom stereocenters. The summed E-state index contributed by atoms with van der Waals surface area (Å²) in [6, 6.07) is 9.60. The summed E-state index contributed by atoms with van der Waals surface area (Å²) >= 11 is 0. The van der Waals surface area contributed by atoms with Gasteiger partial charge in [0.05, 0.1) is 0 Å². The number of carbonyl (C=O) groups excluding carboxylic acids is 1. The zero-order chi connectivity index (χ0) is 18.3. The number of benzene rings is 1. The molecule has 0 radical (unpaired) electrons. The minimum absolute atomic E-state index is 0.0832. The number of nitrogens with zero attached hydrogens (tertiary/aromatic N) is 2. The highest BCUT2D eigenvalue weighted by atomic mass is 16.1. The van der Waals surface area contributed by atoms with Gasteiger partial charge in [-0.15, -0.1) is 0 Å². The van der Waals surface area contributed by atoms with Gasteiger partial charge in [0.25, 0.3) is 5.91 Å². The second-order valence-corrected chi connectivity index (χ2v) is 9.40. The number of piperidine rings is 2. The van der Waals surface area contributed by atoms with Crippen LogP contribution >= 0.6 is 0 Å². The Labute approximate surface area is 163 Å². The zero-order valence-electron chi connectivity index (χ0n) is 16.5. The number of hydrogen-bond acceptors (Lipinski definition) is 3. The third kappa shape index (κ3) is 3.73. The lowest BCUT2D eigenvalue weighted by atomic mass is 9.70. The monoisotopic (exact) mass is 367 g/mol. The number of nitrogens with one attached hydrogen (secondary N) is 1. The van der Waals surface area contributed by atoms with Crippen LogP contribution in [0.25, 0.3) is 0 Å². The molecule has 1 N–H and O–H groups in total. The van der Waals surface area contributed by atoms with E-state index in [-0.39, 0.29) is 5.91 Å². The summed E-state index contributed by atoms with van der Waals surface area (Å²) in [5, 5.41) is 3.07. The van der Waals surface area contributed by atoms with Crippen molar-refractivity contribution in [3.8, 4) is 0 Å². The third-order valence-corrected chi connectivity index (χ3v) is 7.68. The average molecular weight is 368 g/mol. The maximum Gasteiger partial charge on any atom is 0.251 e. The summed E-state index contributed by atoms with van der Waals surface area (Å²) in [6.45, 7) is 4.99. The van der Waals surface area contributed by atoms with Crippen molar-refractivity contribution in [2.75, 3.05) is 31.1 Å². The Bertz CT molecular complexity index is 659. The molecule has 146 valence electrons. The molecule has 0 atom stereocenters. The van der Waals surface area contributed by atoms with Gasteiger partial charge in [-0.05, 0) is 94.1 Å². The van der Waals surface area contributed by atoms with Crippen LogP contribution in [0.3, 0.4) is 0 Å². The second-order valence-electron chi connectivity index (χ2n) is 9.40. The number of carbonyl (C=O) groups is 1. The van der Waals surface area contributed by atoms with E-state index in [1.54, 1.807) is 0 Å². The molecule has 2 aliphatic carbocycles. The number of hydrogen-bond donors (Lipinski definition) is 1. The standard InChI is InChI=1S/C23H33N3O/c27-22(24-19-6-7-19)18-4-8-21(9-5-18)26-16-12-23(13-17-26)10-14-25(15-11-23)20-2-1-3-20/h4-5,8-9,19-20H,1-3,6-7,10-17H2,(H,24,27). The van der Waals surface area contributed by atoms with E-state index in [0.29, 0.717) is 11.5 Å². The highest BCUT2D eigenvalue weighted by molar-refractivity contribution is 5.94. The van der Waals surface area contributed by atoms with Gasteiger partial charge in [0.15, 0.2) is 0 Å². The molecule has 0 aromatic heterocycles. The van der Waals surface area contributed by atoms with Gasteiger partial charge in [-0.25, -0.2) is 0 Å². The van der Waals surface area contributed by atoms with E-state index in [1.807, 2.05) is 12.1 Å². The van der Waals surface area contributed by atoms with Gasteiger partial charge in [0, 0.05) is 36.4 Å². The first-order valence-corrected chi connectivity index (χ1v) is 11.1. The second kappa shape index (κ2) is 7.12. The summed E-state index contributed by atoms with van der Waals surface area (Å²) in [6.07, 6.45) is 12.1. The maximum absolute atomic E-state index is 12.2. The molecule has 27 heavy (non-hydrogen) atoms. The average Bonchev–Trinajstić information content (AvgIpc) is 3.47.